The van der Waals surface area contributed by atoms with E-state index in [1.54, 1.807) is 7.11 Å². The molecule has 92 valence electrons. The number of allylic oxidation sites excluding steroid dienone is 1. The molecule has 0 aromatic carbocycles. The lowest BCUT2D eigenvalue weighted by Crippen LogP contribution is -2.35. The largest absolute Gasteiger partial charge is 0.468 e. The summed E-state index contributed by atoms with van der Waals surface area (Å²) in [5, 5.41) is 3.31. The zero-order valence-corrected chi connectivity index (χ0v) is 11.1. The van der Waals surface area contributed by atoms with Gasteiger partial charge in [-0.25, -0.2) is 4.99 Å². The molecule has 0 saturated heterocycles. The molecule has 3 nitrogen and oxygen atoms in total. The SMILES string of the molecule is CCCC1=C(C(C)C)NC(OC)=NC1CC. The standard InChI is InChI=1S/C13H24N2O/c1-6-8-10-11(7-2)14-13(16-5)15-12(10)9(3)4/h9,11H,6-8H2,1-5H3,(H,14,15). The molecule has 0 amide bonds. The van der Waals surface area contributed by atoms with Crippen molar-refractivity contribution in [2.75, 3.05) is 7.11 Å². The van der Waals surface area contributed by atoms with Crippen molar-refractivity contribution in [3.05, 3.63) is 11.3 Å². The summed E-state index contributed by atoms with van der Waals surface area (Å²) >= 11 is 0. The summed E-state index contributed by atoms with van der Waals surface area (Å²) in [7, 11) is 1.67. The van der Waals surface area contributed by atoms with Crippen LogP contribution in [-0.2, 0) is 4.74 Å². The van der Waals surface area contributed by atoms with Gasteiger partial charge >= 0.3 is 0 Å². The second-order valence-corrected chi connectivity index (χ2v) is 4.53. The molecule has 0 aromatic rings. The number of amidine groups is 1. The molecule has 0 radical (unpaired) electrons. The van der Waals surface area contributed by atoms with Crippen molar-refractivity contribution in [3.63, 3.8) is 0 Å². The first kappa shape index (κ1) is 13.1. The van der Waals surface area contributed by atoms with E-state index in [0.717, 1.165) is 12.8 Å². The average Bonchev–Trinajstić information content (AvgIpc) is 2.29. The number of hydrogen-bond donors (Lipinski definition) is 1. The monoisotopic (exact) mass is 224 g/mol. The third kappa shape index (κ3) is 2.77. The zero-order valence-electron chi connectivity index (χ0n) is 11.1. The quantitative estimate of drug-likeness (QED) is 0.796. The first-order chi connectivity index (χ1) is 7.63. The van der Waals surface area contributed by atoms with E-state index in [4.69, 9.17) is 4.74 Å². The van der Waals surface area contributed by atoms with E-state index in [0.29, 0.717) is 18.0 Å². The van der Waals surface area contributed by atoms with E-state index in [9.17, 15) is 0 Å². The molecule has 3 heteroatoms. The highest BCUT2D eigenvalue weighted by atomic mass is 16.5. The molecular formula is C13H24N2O. The fraction of sp³-hybridized carbons (Fsp3) is 0.769. The fourth-order valence-electron chi connectivity index (χ4n) is 2.15. The van der Waals surface area contributed by atoms with Crippen molar-refractivity contribution in [2.24, 2.45) is 10.9 Å². The van der Waals surface area contributed by atoms with Gasteiger partial charge in [-0.1, -0.05) is 34.1 Å². The van der Waals surface area contributed by atoms with Gasteiger partial charge in [0.1, 0.15) is 0 Å². The van der Waals surface area contributed by atoms with Gasteiger partial charge in [0.25, 0.3) is 6.02 Å². The van der Waals surface area contributed by atoms with Crippen molar-refractivity contribution in [2.45, 2.75) is 53.0 Å². The number of methoxy groups -OCH3 is 1. The van der Waals surface area contributed by atoms with Crippen LogP contribution in [0.2, 0.25) is 0 Å². The molecule has 0 fully saturated rings. The lowest BCUT2D eigenvalue weighted by atomic mass is 9.92. The van der Waals surface area contributed by atoms with Crippen LogP contribution in [0.1, 0.15) is 47.0 Å². The van der Waals surface area contributed by atoms with E-state index >= 15 is 0 Å². The van der Waals surface area contributed by atoms with Gasteiger partial charge in [0, 0.05) is 5.70 Å². The smallest absolute Gasteiger partial charge is 0.289 e. The Morgan fingerprint density at radius 2 is 2.06 bits per heavy atom. The van der Waals surface area contributed by atoms with Crippen LogP contribution in [0, 0.1) is 5.92 Å². The summed E-state index contributed by atoms with van der Waals surface area (Å²) < 4.78 is 5.23. The molecule has 1 atom stereocenters. The zero-order chi connectivity index (χ0) is 12.1. The first-order valence-corrected chi connectivity index (χ1v) is 6.25. The van der Waals surface area contributed by atoms with Crippen LogP contribution in [0.4, 0.5) is 0 Å². The summed E-state index contributed by atoms with van der Waals surface area (Å²) in [6, 6.07) is 0.962. The molecule has 1 aliphatic heterocycles. The molecule has 1 aliphatic rings. The Hall–Kier alpha value is -0.990. The van der Waals surface area contributed by atoms with E-state index in [-0.39, 0.29) is 0 Å². The van der Waals surface area contributed by atoms with Crippen LogP contribution in [-0.4, -0.2) is 19.2 Å². The minimum Gasteiger partial charge on any atom is -0.468 e. The maximum absolute atomic E-state index is 5.23. The number of aliphatic imine (C=N–C) groups is 1. The summed E-state index contributed by atoms with van der Waals surface area (Å²) in [6.07, 6.45) is 3.33. The topological polar surface area (TPSA) is 33.6 Å². The molecule has 1 unspecified atom stereocenters. The third-order valence-corrected chi connectivity index (χ3v) is 2.94. The molecule has 0 aliphatic carbocycles. The maximum Gasteiger partial charge on any atom is 0.289 e. The molecule has 0 aromatic heterocycles. The molecule has 1 N–H and O–H groups in total. The molecule has 1 heterocycles. The Morgan fingerprint density at radius 1 is 1.38 bits per heavy atom. The molecule has 1 rings (SSSR count). The normalized spacial score (nSPS) is 20.9. The maximum atomic E-state index is 5.23. The Bertz CT molecular complexity index is 292. The molecule has 0 saturated carbocycles. The Morgan fingerprint density at radius 3 is 2.50 bits per heavy atom. The van der Waals surface area contributed by atoms with Crippen LogP contribution < -0.4 is 5.32 Å². The van der Waals surface area contributed by atoms with Gasteiger partial charge in [-0.05, 0) is 24.3 Å². The van der Waals surface area contributed by atoms with Gasteiger partial charge in [-0.15, -0.1) is 0 Å². The Labute approximate surface area is 99.0 Å². The van der Waals surface area contributed by atoms with Gasteiger partial charge in [0.15, 0.2) is 0 Å². The number of nitrogens with one attached hydrogen (secondary N) is 1. The predicted molar refractivity (Wildman–Crippen MR) is 68.4 cm³/mol. The van der Waals surface area contributed by atoms with Gasteiger partial charge < -0.3 is 10.1 Å². The van der Waals surface area contributed by atoms with Crippen molar-refractivity contribution in [3.8, 4) is 0 Å². The number of hydrogen-bond acceptors (Lipinski definition) is 3. The van der Waals surface area contributed by atoms with Crippen molar-refractivity contribution in [1.82, 2.24) is 5.32 Å². The van der Waals surface area contributed by atoms with E-state index < -0.39 is 0 Å². The van der Waals surface area contributed by atoms with Crippen LogP contribution in [0.15, 0.2) is 16.3 Å². The van der Waals surface area contributed by atoms with E-state index in [2.05, 4.69) is 38.0 Å². The average molecular weight is 224 g/mol. The van der Waals surface area contributed by atoms with Crippen LogP contribution in [0.3, 0.4) is 0 Å². The van der Waals surface area contributed by atoms with Crippen LogP contribution >= 0.6 is 0 Å². The highest BCUT2D eigenvalue weighted by molar-refractivity contribution is 5.77. The van der Waals surface area contributed by atoms with Crippen LogP contribution in [0.5, 0.6) is 0 Å². The number of rotatable bonds is 4. The van der Waals surface area contributed by atoms with E-state index in [1.807, 2.05) is 0 Å². The molecule has 0 bridgehead atoms. The summed E-state index contributed by atoms with van der Waals surface area (Å²) in [5.41, 5.74) is 2.77. The van der Waals surface area contributed by atoms with Crippen molar-refractivity contribution < 1.29 is 4.74 Å². The minimum atomic E-state index is 0.300. The van der Waals surface area contributed by atoms with E-state index in [1.165, 1.54) is 17.7 Å². The van der Waals surface area contributed by atoms with Crippen molar-refractivity contribution >= 4 is 6.02 Å². The first-order valence-electron chi connectivity index (χ1n) is 6.25. The highest BCUT2D eigenvalue weighted by Gasteiger charge is 2.24. The number of nitrogens with zero attached hydrogens (tertiary/aromatic N) is 1. The Balaban J connectivity index is 3.00. The summed E-state index contributed by atoms with van der Waals surface area (Å²) in [6.45, 7) is 8.82. The summed E-state index contributed by atoms with van der Waals surface area (Å²) in [5.74, 6) is 0.497. The fourth-order valence-corrected chi connectivity index (χ4v) is 2.15. The molecule has 16 heavy (non-hydrogen) atoms. The minimum absolute atomic E-state index is 0.300. The predicted octanol–water partition coefficient (Wildman–Crippen LogP) is 3.08. The molecule has 0 spiro atoms. The van der Waals surface area contributed by atoms with Gasteiger partial charge in [0.05, 0.1) is 13.2 Å². The third-order valence-electron chi connectivity index (χ3n) is 2.94. The summed E-state index contributed by atoms with van der Waals surface area (Å²) in [4.78, 5) is 4.58. The van der Waals surface area contributed by atoms with Gasteiger partial charge in [-0.2, -0.15) is 0 Å². The van der Waals surface area contributed by atoms with Gasteiger partial charge in [0.2, 0.25) is 0 Å². The van der Waals surface area contributed by atoms with Crippen molar-refractivity contribution in [1.29, 1.82) is 0 Å². The second-order valence-electron chi connectivity index (χ2n) is 4.53. The number of ether oxygens (including phenoxy) is 1. The van der Waals surface area contributed by atoms with Gasteiger partial charge in [-0.3, -0.25) is 0 Å². The lowest BCUT2D eigenvalue weighted by Gasteiger charge is -2.28. The second kappa shape index (κ2) is 5.92. The van der Waals surface area contributed by atoms with Crippen LogP contribution in [0.25, 0.3) is 0 Å². The lowest BCUT2D eigenvalue weighted by molar-refractivity contribution is 0.371. The Kier molecular flexibility index (Phi) is 4.84. The highest BCUT2D eigenvalue weighted by Crippen LogP contribution is 2.26. The molecular weight excluding hydrogens is 200 g/mol.